The highest BCUT2D eigenvalue weighted by molar-refractivity contribution is 7.89. The maximum atomic E-state index is 13.4. The van der Waals surface area contributed by atoms with Crippen molar-refractivity contribution in [3.05, 3.63) is 95.3 Å². The minimum Gasteiger partial charge on any atom is -0.495 e. The zero-order valence-electron chi connectivity index (χ0n) is 21.6. The highest BCUT2D eigenvalue weighted by Crippen LogP contribution is 2.26. The number of sulfonamides is 1. The van der Waals surface area contributed by atoms with Crippen molar-refractivity contribution in [3.63, 3.8) is 0 Å². The van der Waals surface area contributed by atoms with Crippen LogP contribution in [0.1, 0.15) is 34.3 Å². The number of ketones is 1. The third-order valence-electron chi connectivity index (χ3n) is 6.52. The van der Waals surface area contributed by atoms with Gasteiger partial charge in [0.1, 0.15) is 16.5 Å². The molecule has 1 amide bonds. The van der Waals surface area contributed by atoms with Crippen LogP contribution in [0.4, 0.5) is 4.39 Å². The van der Waals surface area contributed by atoms with E-state index in [4.69, 9.17) is 9.47 Å². The van der Waals surface area contributed by atoms with E-state index in [-0.39, 0.29) is 40.9 Å². The summed E-state index contributed by atoms with van der Waals surface area (Å²) < 4.78 is 52.8. The van der Waals surface area contributed by atoms with Gasteiger partial charge in [-0.1, -0.05) is 36.4 Å². The lowest BCUT2D eigenvalue weighted by atomic mass is 9.97. The van der Waals surface area contributed by atoms with E-state index in [1.807, 2.05) is 30.3 Å². The summed E-state index contributed by atoms with van der Waals surface area (Å²) in [6, 6.07) is 17.8. The van der Waals surface area contributed by atoms with E-state index in [0.717, 1.165) is 5.56 Å². The molecule has 2 N–H and O–H groups in total. The minimum atomic E-state index is -3.85. The second-order valence-electron chi connectivity index (χ2n) is 9.36. The van der Waals surface area contributed by atoms with Gasteiger partial charge in [0.2, 0.25) is 10.0 Å². The summed E-state index contributed by atoms with van der Waals surface area (Å²) in [7, 11) is -2.48. The van der Waals surface area contributed by atoms with Gasteiger partial charge < -0.3 is 14.8 Å². The number of benzene rings is 3. The first-order chi connectivity index (χ1) is 18.7. The summed E-state index contributed by atoms with van der Waals surface area (Å²) in [5.74, 6) is -1.12. The third kappa shape index (κ3) is 7.72. The number of Topliss-reactive ketones (excluding diaryl/α,β-unsaturated/α-hetero) is 1. The fourth-order valence-corrected chi connectivity index (χ4v) is 5.86. The second kappa shape index (κ2) is 13.0. The van der Waals surface area contributed by atoms with Gasteiger partial charge in [0.05, 0.1) is 13.2 Å². The first-order valence-corrected chi connectivity index (χ1v) is 14.1. The Morgan fingerprint density at radius 1 is 1.00 bits per heavy atom. The van der Waals surface area contributed by atoms with E-state index >= 15 is 0 Å². The zero-order chi connectivity index (χ0) is 27.8. The summed E-state index contributed by atoms with van der Waals surface area (Å²) in [6.45, 7) is 0.987. The van der Waals surface area contributed by atoms with E-state index in [0.29, 0.717) is 31.6 Å². The Balaban J connectivity index is 1.52. The monoisotopic (exact) mass is 554 g/mol. The summed E-state index contributed by atoms with van der Waals surface area (Å²) in [6.07, 6.45) is 1.36. The Labute approximate surface area is 227 Å². The van der Waals surface area contributed by atoms with E-state index in [2.05, 4.69) is 10.0 Å². The van der Waals surface area contributed by atoms with Gasteiger partial charge in [0.25, 0.3) is 5.91 Å². The first kappa shape index (κ1) is 28.4. The van der Waals surface area contributed by atoms with Gasteiger partial charge in [-0.2, -0.15) is 0 Å². The molecule has 1 aliphatic heterocycles. The van der Waals surface area contributed by atoms with Crippen molar-refractivity contribution in [2.24, 2.45) is 0 Å². The van der Waals surface area contributed by atoms with Crippen LogP contribution in [0.15, 0.2) is 77.7 Å². The van der Waals surface area contributed by atoms with Crippen molar-refractivity contribution < 1.29 is 31.9 Å². The van der Waals surface area contributed by atoms with Gasteiger partial charge in [0.15, 0.2) is 5.78 Å². The Morgan fingerprint density at radius 3 is 2.36 bits per heavy atom. The van der Waals surface area contributed by atoms with Crippen LogP contribution in [-0.2, 0) is 32.4 Å². The number of rotatable bonds is 11. The summed E-state index contributed by atoms with van der Waals surface area (Å²) >= 11 is 0. The number of hydrogen-bond donors (Lipinski definition) is 2. The molecule has 1 saturated heterocycles. The van der Waals surface area contributed by atoms with Crippen LogP contribution in [0.3, 0.4) is 0 Å². The summed E-state index contributed by atoms with van der Waals surface area (Å²) in [5.41, 5.74) is 1.62. The smallest absolute Gasteiger partial charge is 0.251 e. The van der Waals surface area contributed by atoms with Crippen LogP contribution in [-0.4, -0.2) is 52.5 Å². The molecular formula is C29H31FN2O6S. The van der Waals surface area contributed by atoms with Crippen LogP contribution >= 0.6 is 0 Å². The lowest BCUT2D eigenvalue weighted by Gasteiger charge is -2.23. The number of ether oxygens (including phenoxy) is 2. The summed E-state index contributed by atoms with van der Waals surface area (Å²) in [4.78, 5) is 26.3. The molecule has 206 valence electrons. The average molecular weight is 555 g/mol. The molecule has 1 aliphatic rings. The molecule has 0 unspecified atom stereocenters. The van der Waals surface area contributed by atoms with Crippen LogP contribution in [0.5, 0.6) is 5.75 Å². The predicted octanol–water partition coefficient (Wildman–Crippen LogP) is 3.44. The van der Waals surface area contributed by atoms with E-state index in [1.54, 1.807) is 6.07 Å². The van der Waals surface area contributed by atoms with Gasteiger partial charge in [0, 0.05) is 31.2 Å². The third-order valence-corrected chi connectivity index (χ3v) is 8.08. The van der Waals surface area contributed by atoms with Gasteiger partial charge in [-0.25, -0.2) is 17.5 Å². The SMILES string of the molecule is COc1cc(CC(=O)[C@H](Cc2ccccc2)NC(=O)c2ccc(F)cc2)ccc1S(=O)(=O)NC1CCOCC1. The standard InChI is InChI=1S/C29H31FN2O6S/c1-37-27-19-21(7-12-28(27)39(35,36)32-24-13-15-38-16-14-24)18-26(33)25(17-20-5-3-2-4-6-20)31-29(34)22-8-10-23(30)11-9-22/h2-12,19,24-25,32H,13-18H2,1H3,(H,31,34)/t25-/m0/s1. The molecule has 10 heteroatoms. The Morgan fingerprint density at radius 2 is 1.69 bits per heavy atom. The number of halogens is 1. The number of carbonyl (C=O) groups excluding carboxylic acids is 2. The van der Waals surface area contributed by atoms with Crippen LogP contribution in [0.25, 0.3) is 0 Å². The summed E-state index contributed by atoms with van der Waals surface area (Å²) in [5, 5.41) is 2.77. The number of nitrogens with one attached hydrogen (secondary N) is 2. The number of carbonyl (C=O) groups is 2. The van der Waals surface area contributed by atoms with E-state index in [1.165, 1.54) is 43.5 Å². The maximum absolute atomic E-state index is 13.4. The molecule has 0 radical (unpaired) electrons. The van der Waals surface area contributed by atoms with Gasteiger partial charge in [-0.05, 0) is 66.8 Å². The molecule has 0 aromatic heterocycles. The molecule has 8 nitrogen and oxygen atoms in total. The van der Waals surface area contributed by atoms with E-state index < -0.39 is 27.8 Å². The molecule has 1 atom stereocenters. The minimum absolute atomic E-state index is 0.0156. The molecule has 0 saturated carbocycles. The largest absolute Gasteiger partial charge is 0.495 e. The van der Waals surface area contributed by atoms with Crippen LogP contribution in [0.2, 0.25) is 0 Å². The molecule has 0 spiro atoms. The average Bonchev–Trinajstić information content (AvgIpc) is 2.93. The predicted molar refractivity (Wildman–Crippen MR) is 144 cm³/mol. The first-order valence-electron chi connectivity index (χ1n) is 12.7. The number of amides is 1. The van der Waals surface area contributed by atoms with Crippen molar-refractivity contribution in [1.29, 1.82) is 0 Å². The molecule has 3 aromatic carbocycles. The van der Waals surface area contributed by atoms with Crippen molar-refractivity contribution in [1.82, 2.24) is 10.0 Å². The van der Waals surface area contributed by atoms with Crippen molar-refractivity contribution in [3.8, 4) is 5.75 Å². The van der Waals surface area contributed by atoms with E-state index in [9.17, 15) is 22.4 Å². The normalized spacial score (nSPS) is 14.9. The Hall–Kier alpha value is -3.60. The Bertz CT molecular complexity index is 1390. The number of methoxy groups -OCH3 is 1. The van der Waals surface area contributed by atoms with Crippen molar-refractivity contribution >= 4 is 21.7 Å². The lowest BCUT2D eigenvalue weighted by molar-refractivity contribution is -0.120. The maximum Gasteiger partial charge on any atom is 0.251 e. The highest BCUT2D eigenvalue weighted by atomic mass is 32.2. The molecule has 3 aromatic rings. The lowest BCUT2D eigenvalue weighted by Crippen LogP contribution is -2.43. The molecular weight excluding hydrogens is 523 g/mol. The topological polar surface area (TPSA) is 111 Å². The van der Waals surface area contributed by atoms with Crippen LogP contribution in [0, 0.1) is 5.82 Å². The van der Waals surface area contributed by atoms with Crippen LogP contribution < -0.4 is 14.8 Å². The van der Waals surface area contributed by atoms with Gasteiger partial charge in [-0.15, -0.1) is 0 Å². The number of hydrogen-bond acceptors (Lipinski definition) is 6. The van der Waals surface area contributed by atoms with Crippen molar-refractivity contribution in [2.45, 2.75) is 42.7 Å². The molecule has 0 bridgehead atoms. The molecule has 39 heavy (non-hydrogen) atoms. The van der Waals surface area contributed by atoms with Crippen molar-refractivity contribution in [2.75, 3.05) is 20.3 Å². The highest BCUT2D eigenvalue weighted by Gasteiger charge is 2.27. The molecule has 0 aliphatic carbocycles. The fraction of sp³-hybridized carbons (Fsp3) is 0.310. The molecule has 1 heterocycles. The quantitative estimate of drug-likeness (QED) is 0.376. The zero-order valence-corrected chi connectivity index (χ0v) is 22.4. The molecule has 4 rings (SSSR count). The second-order valence-corrected chi connectivity index (χ2v) is 11.0. The van der Waals surface area contributed by atoms with Gasteiger partial charge >= 0.3 is 0 Å². The van der Waals surface area contributed by atoms with Gasteiger partial charge in [-0.3, -0.25) is 9.59 Å². The molecule has 1 fully saturated rings. The fourth-order valence-electron chi connectivity index (χ4n) is 4.40. The Kier molecular flexibility index (Phi) is 9.45.